The Kier molecular flexibility index (Phi) is 2.33. The van der Waals surface area contributed by atoms with E-state index in [0.717, 1.165) is 5.56 Å². The van der Waals surface area contributed by atoms with E-state index < -0.39 is 0 Å². The molecule has 0 saturated carbocycles. The number of hydrogen-bond acceptors (Lipinski definition) is 3. The second-order valence-corrected chi connectivity index (χ2v) is 2.36. The van der Waals surface area contributed by atoms with Gasteiger partial charge in [-0.05, 0) is 18.1 Å². The Morgan fingerprint density at radius 1 is 1.36 bits per heavy atom. The number of hydrogen-bond donors (Lipinski definition) is 3. The van der Waals surface area contributed by atoms with Crippen molar-refractivity contribution in [2.75, 3.05) is 12.3 Å². The van der Waals surface area contributed by atoms with Gasteiger partial charge in [0.05, 0.1) is 0 Å². The second-order valence-electron chi connectivity index (χ2n) is 2.36. The Morgan fingerprint density at radius 3 is 2.64 bits per heavy atom. The Bertz CT molecular complexity index is 248. The van der Waals surface area contributed by atoms with E-state index in [0.29, 0.717) is 12.1 Å². The first-order valence-electron chi connectivity index (χ1n) is 3.42. The quantitative estimate of drug-likeness (QED) is 0.542. The second kappa shape index (κ2) is 3.25. The number of benzene rings is 1. The van der Waals surface area contributed by atoms with Crippen LogP contribution in [0.4, 0.5) is 5.69 Å². The summed E-state index contributed by atoms with van der Waals surface area (Å²) in [4.78, 5) is 0. The molecule has 0 atom stereocenters. The number of aliphatic hydroxyl groups is 1. The molecule has 0 spiro atoms. The van der Waals surface area contributed by atoms with E-state index >= 15 is 0 Å². The third kappa shape index (κ3) is 1.85. The van der Waals surface area contributed by atoms with Crippen LogP contribution in [-0.2, 0) is 6.42 Å². The van der Waals surface area contributed by atoms with E-state index in [-0.39, 0.29) is 12.4 Å². The van der Waals surface area contributed by atoms with Gasteiger partial charge in [-0.2, -0.15) is 0 Å². The molecule has 4 N–H and O–H groups in total. The van der Waals surface area contributed by atoms with Crippen LogP contribution in [-0.4, -0.2) is 16.8 Å². The Morgan fingerprint density at radius 2 is 2.09 bits per heavy atom. The molecule has 0 heterocycles. The van der Waals surface area contributed by atoms with Crippen LogP contribution in [0.5, 0.6) is 5.75 Å². The zero-order chi connectivity index (χ0) is 8.27. The van der Waals surface area contributed by atoms with Gasteiger partial charge in [0, 0.05) is 18.4 Å². The van der Waals surface area contributed by atoms with Gasteiger partial charge in [0.15, 0.2) is 0 Å². The van der Waals surface area contributed by atoms with Crippen molar-refractivity contribution in [1.29, 1.82) is 0 Å². The lowest BCUT2D eigenvalue weighted by atomic mass is 10.1. The summed E-state index contributed by atoms with van der Waals surface area (Å²) in [7, 11) is 0. The highest BCUT2D eigenvalue weighted by atomic mass is 16.3. The molecule has 0 radical (unpaired) electrons. The molecule has 11 heavy (non-hydrogen) atoms. The van der Waals surface area contributed by atoms with Gasteiger partial charge in [0.2, 0.25) is 0 Å². The topological polar surface area (TPSA) is 66.5 Å². The number of nitrogen functional groups attached to an aromatic ring is 1. The van der Waals surface area contributed by atoms with E-state index in [4.69, 9.17) is 10.8 Å². The predicted octanol–water partition coefficient (Wildman–Crippen LogP) is 0.509. The van der Waals surface area contributed by atoms with Crippen LogP contribution in [0.25, 0.3) is 0 Å². The molecule has 0 aliphatic rings. The molecule has 0 unspecified atom stereocenters. The molecule has 0 aliphatic carbocycles. The molecule has 0 fully saturated rings. The monoisotopic (exact) mass is 153 g/mol. The highest BCUT2D eigenvalue weighted by Gasteiger charge is 1.99. The normalized spacial score (nSPS) is 9.91. The van der Waals surface area contributed by atoms with Gasteiger partial charge in [-0.3, -0.25) is 0 Å². The number of anilines is 1. The van der Waals surface area contributed by atoms with Crippen LogP contribution in [0.2, 0.25) is 0 Å². The molecular formula is C8H11NO2. The minimum atomic E-state index is 0.0392. The van der Waals surface area contributed by atoms with Crippen molar-refractivity contribution in [3.8, 4) is 5.75 Å². The van der Waals surface area contributed by atoms with Gasteiger partial charge in [-0.15, -0.1) is 0 Å². The Balaban J connectivity index is 2.90. The summed E-state index contributed by atoms with van der Waals surface area (Å²) in [6.07, 6.45) is 0.464. The zero-order valence-electron chi connectivity index (χ0n) is 6.12. The lowest BCUT2D eigenvalue weighted by Crippen LogP contribution is -1.92. The minimum Gasteiger partial charge on any atom is -0.508 e. The van der Waals surface area contributed by atoms with E-state index in [9.17, 15) is 5.11 Å². The molecule has 0 aliphatic heterocycles. The first kappa shape index (κ1) is 7.88. The number of rotatable bonds is 2. The summed E-state index contributed by atoms with van der Waals surface area (Å²) in [6.45, 7) is 0.0392. The third-order valence-electron chi connectivity index (χ3n) is 1.49. The maximum Gasteiger partial charge on any atom is 0.120 e. The van der Waals surface area contributed by atoms with Crippen molar-refractivity contribution in [1.82, 2.24) is 0 Å². The number of aromatic hydroxyl groups is 1. The van der Waals surface area contributed by atoms with Crippen LogP contribution in [0.15, 0.2) is 18.2 Å². The summed E-state index contributed by atoms with van der Waals surface area (Å²) in [6, 6.07) is 4.89. The summed E-state index contributed by atoms with van der Waals surface area (Å²) < 4.78 is 0. The fraction of sp³-hybridized carbons (Fsp3) is 0.250. The minimum absolute atomic E-state index is 0.0392. The summed E-state index contributed by atoms with van der Waals surface area (Å²) in [5, 5.41) is 17.8. The molecule has 3 nitrogen and oxygen atoms in total. The van der Waals surface area contributed by atoms with Crippen molar-refractivity contribution in [3.05, 3.63) is 23.8 Å². The molecule has 1 aromatic rings. The number of nitrogens with two attached hydrogens (primary N) is 1. The molecule has 0 aromatic heterocycles. The summed E-state index contributed by atoms with van der Waals surface area (Å²) in [5.41, 5.74) is 6.66. The first-order valence-corrected chi connectivity index (χ1v) is 3.42. The van der Waals surface area contributed by atoms with Crippen molar-refractivity contribution in [3.63, 3.8) is 0 Å². The molecular weight excluding hydrogens is 142 g/mol. The van der Waals surface area contributed by atoms with Crippen LogP contribution in [0.1, 0.15) is 5.56 Å². The van der Waals surface area contributed by atoms with Crippen LogP contribution in [0, 0.1) is 0 Å². The number of phenols is 1. The van der Waals surface area contributed by atoms with Gasteiger partial charge >= 0.3 is 0 Å². The molecule has 0 bridgehead atoms. The maximum absolute atomic E-state index is 9.23. The van der Waals surface area contributed by atoms with Crippen molar-refractivity contribution >= 4 is 5.69 Å². The average molecular weight is 153 g/mol. The summed E-state index contributed by atoms with van der Waals surface area (Å²) in [5.74, 6) is 0.152. The molecule has 60 valence electrons. The Hall–Kier alpha value is -1.22. The van der Waals surface area contributed by atoms with Crippen LogP contribution in [0.3, 0.4) is 0 Å². The molecule has 3 heteroatoms. The van der Waals surface area contributed by atoms with Crippen LogP contribution >= 0.6 is 0 Å². The number of phenolic OH excluding ortho intramolecular Hbond substituents is 1. The largest absolute Gasteiger partial charge is 0.508 e. The fourth-order valence-corrected chi connectivity index (χ4v) is 0.913. The van der Waals surface area contributed by atoms with Crippen molar-refractivity contribution in [2.45, 2.75) is 6.42 Å². The average Bonchev–Trinajstić information content (AvgIpc) is 1.95. The van der Waals surface area contributed by atoms with E-state index in [2.05, 4.69) is 0 Å². The molecule has 1 aromatic carbocycles. The Labute approximate surface area is 65.1 Å². The van der Waals surface area contributed by atoms with E-state index in [1.807, 2.05) is 0 Å². The van der Waals surface area contributed by atoms with E-state index in [1.165, 1.54) is 6.07 Å². The molecule has 0 saturated heterocycles. The zero-order valence-corrected chi connectivity index (χ0v) is 6.12. The van der Waals surface area contributed by atoms with E-state index in [1.54, 1.807) is 12.1 Å². The molecule has 0 amide bonds. The lowest BCUT2D eigenvalue weighted by Gasteiger charge is -2.02. The van der Waals surface area contributed by atoms with Crippen molar-refractivity contribution in [2.24, 2.45) is 0 Å². The smallest absolute Gasteiger partial charge is 0.120 e. The van der Waals surface area contributed by atoms with Gasteiger partial charge in [0.1, 0.15) is 5.75 Å². The van der Waals surface area contributed by atoms with Gasteiger partial charge in [-0.1, -0.05) is 6.07 Å². The lowest BCUT2D eigenvalue weighted by molar-refractivity contribution is 0.297. The van der Waals surface area contributed by atoms with Crippen LogP contribution < -0.4 is 5.73 Å². The maximum atomic E-state index is 9.23. The SMILES string of the molecule is Nc1ccc(CCO)c(O)c1. The number of aliphatic hydroxyl groups excluding tert-OH is 1. The van der Waals surface area contributed by atoms with Gasteiger partial charge in [0.25, 0.3) is 0 Å². The highest BCUT2D eigenvalue weighted by Crippen LogP contribution is 2.19. The summed E-state index contributed by atoms with van der Waals surface area (Å²) >= 11 is 0. The third-order valence-corrected chi connectivity index (χ3v) is 1.49. The fourth-order valence-electron chi connectivity index (χ4n) is 0.913. The van der Waals surface area contributed by atoms with Crippen molar-refractivity contribution < 1.29 is 10.2 Å². The molecule has 1 rings (SSSR count). The first-order chi connectivity index (χ1) is 5.24. The predicted molar refractivity (Wildman–Crippen MR) is 43.3 cm³/mol. The van der Waals surface area contributed by atoms with Gasteiger partial charge in [-0.25, -0.2) is 0 Å². The highest BCUT2D eigenvalue weighted by molar-refractivity contribution is 5.47. The van der Waals surface area contributed by atoms with Gasteiger partial charge < -0.3 is 15.9 Å². The standard InChI is InChI=1S/C8H11NO2/c9-7-2-1-6(3-4-10)8(11)5-7/h1-2,5,10-11H,3-4,9H2.